The fraction of sp³-hybridized carbons (Fsp3) is 0.600. The number of hydrogen-bond donors (Lipinski definition) is 0. The Hall–Kier alpha value is -2.68. The third-order valence-electron chi connectivity index (χ3n) is 5.65. The lowest BCUT2D eigenvalue weighted by atomic mass is 10.1. The Labute approximate surface area is 170 Å². The van der Waals surface area contributed by atoms with E-state index in [-0.39, 0.29) is 5.91 Å². The number of carbonyl (C=O) groups is 1. The molecule has 0 saturated carbocycles. The predicted molar refractivity (Wildman–Crippen MR) is 108 cm³/mol. The number of ether oxygens (including phenoxy) is 1. The summed E-state index contributed by atoms with van der Waals surface area (Å²) in [6, 6.07) is 1.94. The molecule has 0 bridgehead atoms. The average molecular weight is 400 g/mol. The predicted octanol–water partition coefficient (Wildman–Crippen LogP) is 1.20. The molecule has 0 N–H and O–H groups in total. The second-order valence-corrected chi connectivity index (χ2v) is 7.48. The molecule has 9 heteroatoms. The van der Waals surface area contributed by atoms with Crippen LogP contribution < -0.4 is 9.80 Å². The molecule has 2 aromatic rings. The molecule has 0 radical (unpaired) electrons. The molecule has 0 spiro atoms. The van der Waals surface area contributed by atoms with Gasteiger partial charge in [0.1, 0.15) is 11.6 Å². The molecule has 9 nitrogen and oxygen atoms in total. The van der Waals surface area contributed by atoms with E-state index in [1.54, 1.807) is 0 Å². The number of aromatic nitrogens is 3. The van der Waals surface area contributed by atoms with Crippen molar-refractivity contribution in [1.29, 1.82) is 0 Å². The molecule has 2 fully saturated rings. The van der Waals surface area contributed by atoms with Crippen LogP contribution >= 0.6 is 0 Å². The highest BCUT2D eigenvalue weighted by Crippen LogP contribution is 2.19. The molecular weight excluding hydrogens is 372 g/mol. The summed E-state index contributed by atoms with van der Waals surface area (Å²) < 4.78 is 10.6. The van der Waals surface area contributed by atoms with Crippen molar-refractivity contribution < 1.29 is 14.1 Å². The minimum Gasteiger partial charge on any atom is -0.378 e. The summed E-state index contributed by atoms with van der Waals surface area (Å²) in [6.07, 6.45) is 2.97. The van der Waals surface area contributed by atoms with E-state index in [1.165, 1.54) is 0 Å². The van der Waals surface area contributed by atoms with Crippen molar-refractivity contribution in [2.24, 2.45) is 0 Å². The van der Waals surface area contributed by atoms with Gasteiger partial charge in [0.15, 0.2) is 0 Å². The Balaban J connectivity index is 1.30. The maximum absolute atomic E-state index is 12.6. The number of hydrogen-bond acceptors (Lipinski definition) is 8. The van der Waals surface area contributed by atoms with Crippen molar-refractivity contribution in [2.75, 3.05) is 62.3 Å². The van der Waals surface area contributed by atoms with E-state index in [0.29, 0.717) is 39.1 Å². The third kappa shape index (κ3) is 4.50. The van der Waals surface area contributed by atoms with Gasteiger partial charge in [-0.05, 0) is 26.3 Å². The van der Waals surface area contributed by atoms with Gasteiger partial charge in [-0.2, -0.15) is 4.98 Å². The van der Waals surface area contributed by atoms with Gasteiger partial charge in [-0.25, -0.2) is 4.98 Å². The normalized spacial score (nSPS) is 17.7. The van der Waals surface area contributed by atoms with Gasteiger partial charge in [-0.3, -0.25) is 4.79 Å². The van der Waals surface area contributed by atoms with Crippen molar-refractivity contribution in [3.05, 3.63) is 29.3 Å². The first-order chi connectivity index (χ1) is 14.1. The zero-order valence-electron chi connectivity index (χ0n) is 17.1. The van der Waals surface area contributed by atoms with Gasteiger partial charge < -0.3 is 24.0 Å². The van der Waals surface area contributed by atoms with Gasteiger partial charge >= 0.3 is 0 Å². The van der Waals surface area contributed by atoms with Crippen molar-refractivity contribution in [1.82, 2.24) is 20.0 Å². The minimum absolute atomic E-state index is 0.182. The summed E-state index contributed by atoms with van der Waals surface area (Å²) in [6.45, 7) is 9.83. The standard InChI is InChI=1S/C20H28N6O3/c1-15-17(16(2)29-23-15)3-4-19(27)25-9-7-24(8-10-25)18-5-6-21-20(22-18)26-11-13-28-14-12-26/h5-6H,3-4,7-14H2,1-2H3. The van der Waals surface area contributed by atoms with Crippen LogP contribution in [-0.4, -0.2) is 78.4 Å². The van der Waals surface area contributed by atoms with Crippen molar-refractivity contribution in [2.45, 2.75) is 26.7 Å². The molecule has 4 rings (SSSR count). The number of amides is 1. The molecule has 0 aromatic carbocycles. The van der Waals surface area contributed by atoms with Crippen LogP contribution in [0.2, 0.25) is 0 Å². The lowest BCUT2D eigenvalue weighted by Gasteiger charge is -2.36. The van der Waals surface area contributed by atoms with E-state index in [0.717, 1.165) is 55.0 Å². The first-order valence-corrected chi connectivity index (χ1v) is 10.2. The Morgan fingerprint density at radius 1 is 1.07 bits per heavy atom. The maximum atomic E-state index is 12.6. The Bertz CT molecular complexity index is 821. The van der Waals surface area contributed by atoms with Gasteiger partial charge in [-0.15, -0.1) is 0 Å². The topological polar surface area (TPSA) is 87.8 Å². The fourth-order valence-corrected chi connectivity index (χ4v) is 3.86. The molecule has 4 heterocycles. The first-order valence-electron chi connectivity index (χ1n) is 10.2. The second-order valence-electron chi connectivity index (χ2n) is 7.48. The van der Waals surface area contributed by atoms with Crippen LogP contribution in [0.1, 0.15) is 23.4 Å². The Morgan fingerprint density at radius 2 is 1.83 bits per heavy atom. The molecule has 0 unspecified atom stereocenters. The van der Waals surface area contributed by atoms with E-state index in [1.807, 2.05) is 31.0 Å². The van der Waals surface area contributed by atoms with Crippen LogP contribution in [0.3, 0.4) is 0 Å². The molecule has 2 aliphatic heterocycles. The number of anilines is 2. The van der Waals surface area contributed by atoms with Crippen LogP contribution in [-0.2, 0) is 16.0 Å². The number of aryl methyl sites for hydroxylation is 2. The highest BCUT2D eigenvalue weighted by Gasteiger charge is 2.23. The number of morpholine rings is 1. The molecule has 156 valence electrons. The third-order valence-corrected chi connectivity index (χ3v) is 5.65. The van der Waals surface area contributed by atoms with Crippen LogP contribution in [0.15, 0.2) is 16.8 Å². The van der Waals surface area contributed by atoms with E-state index >= 15 is 0 Å². The van der Waals surface area contributed by atoms with E-state index in [4.69, 9.17) is 14.2 Å². The maximum Gasteiger partial charge on any atom is 0.227 e. The molecule has 2 saturated heterocycles. The first kappa shape index (κ1) is 19.6. The molecule has 2 aromatic heterocycles. The highest BCUT2D eigenvalue weighted by molar-refractivity contribution is 5.76. The average Bonchev–Trinajstić information content (AvgIpc) is 3.10. The van der Waals surface area contributed by atoms with Crippen molar-refractivity contribution in [3.63, 3.8) is 0 Å². The van der Waals surface area contributed by atoms with Gasteiger partial charge in [0.2, 0.25) is 11.9 Å². The smallest absolute Gasteiger partial charge is 0.227 e. The number of rotatable bonds is 5. The summed E-state index contributed by atoms with van der Waals surface area (Å²) >= 11 is 0. The van der Waals surface area contributed by atoms with E-state index < -0.39 is 0 Å². The molecule has 1 amide bonds. The van der Waals surface area contributed by atoms with Crippen LogP contribution in [0.4, 0.5) is 11.8 Å². The summed E-state index contributed by atoms with van der Waals surface area (Å²) in [7, 11) is 0. The van der Waals surface area contributed by atoms with Crippen LogP contribution in [0.25, 0.3) is 0 Å². The lowest BCUT2D eigenvalue weighted by Crippen LogP contribution is -2.49. The van der Waals surface area contributed by atoms with Gasteiger partial charge in [0, 0.05) is 57.4 Å². The van der Waals surface area contributed by atoms with E-state index in [9.17, 15) is 4.79 Å². The molecule has 2 aliphatic rings. The summed E-state index contributed by atoms with van der Waals surface area (Å²) in [5, 5.41) is 3.96. The SMILES string of the molecule is Cc1noc(C)c1CCC(=O)N1CCN(c2ccnc(N3CCOCC3)n2)CC1. The monoisotopic (exact) mass is 400 g/mol. The largest absolute Gasteiger partial charge is 0.378 e. The molecule has 0 aliphatic carbocycles. The number of piperazine rings is 1. The van der Waals surface area contributed by atoms with Gasteiger partial charge in [0.25, 0.3) is 0 Å². The van der Waals surface area contributed by atoms with Crippen molar-refractivity contribution in [3.8, 4) is 0 Å². The minimum atomic E-state index is 0.182. The quantitative estimate of drug-likeness (QED) is 0.740. The summed E-state index contributed by atoms with van der Waals surface area (Å²) in [4.78, 5) is 28.1. The number of nitrogens with zero attached hydrogens (tertiary/aromatic N) is 6. The van der Waals surface area contributed by atoms with Crippen molar-refractivity contribution >= 4 is 17.7 Å². The molecular formula is C20H28N6O3. The summed E-state index contributed by atoms with van der Waals surface area (Å²) in [5.41, 5.74) is 1.92. The summed E-state index contributed by atoms with van der Waals surface area (Å²) in [5.74, 6) is 2.66. The fourth-order valence-electron chi connectivity index (χ4n) is 3.86. The van der Waals surface area contributed by atoms with Gasteiger partial charge in [-0.1, -0.05) is 5.16 Å². The Morgan fingerprint density at radius 3 is 2.52 bits per heavy atom. The van der Waals surface area contributed by atoms with Crippen LogP contribution in [0, 0.1) is 13.8 Å². The number of carbonyl (C=O) groups excluding carboxylic acids is 1. The highest BCUT2D eigenvalue weighted by atomic mass is 16.5. The Kier molecular flexibility index (Phi) is 5.94. The van der Waals surface area contributed by atoms with Gasteiger partial charge in [0.05, 0.1) is 18.9 Å². The zero-order valence-corrected chi connectivity index (χ0v) is 17.1. The van der Waals surface area contributed by atoms with E-state index in [2.05, 4.69) is 19.9 Å². The zero-order chi connectivity index (χ0) is 20.2. The molecule has 0 atom stereocenters. The van der Waals surface area contributed by atoms with Crippen LogP contribution in [0.5, 0.6) is 0 Å². The second kappa shape index (κ2) is 8.77. The molecule has 29 heavy (non-hydrogen) atoms. The lowest BCUT2D eigenvalue weighted by molar-refractivity contribution is -0.131.